The van der Waals surface area contributed by atoms with Crippen LogP contribution in [0.1, 0.15) is 21.5 Å². The first-order valence-corrected chi connectivity index (χ1v) is 4.58. The molecular weight excluding hydrogens is 259 g/mol. The van der Waals surface area contributed by atoms with Crippen molar-refractivity contribution in [2.75, 3.05) is 7.11 Å². The predicted molar refractivity (Wildman–Crippen MR) is 52.9 cm³/mol. The van der Waals surface area contributed by atoms with E-state index < -0.39 is 28.1 Å². The number of ether oxygens (including phenoxy) is 1. The number of benzene rings is 1. The van der Waals surface area contributed by atoms with Gasteiger partial charge in [-0.3, -0.25) is 4.79 Å². The van der Waals surface area contributed by atoms with Crippen molar-refractivity contribution in [3.63, 3.8) is 0 Å². The van der Waals surface area contributed by atoms with Gasteiger partial charge in [0.25, 0.3) is 5.24 Å². The van der Waals surface area contributed by atoms with Crippen molar-refractivity contribution in [1.29, 1.82) is 5.26 Å². The third kappa shape index (κ3) is 2.50. The van der Waals surface area contributed by atoms with Gasteiger partial charge in [0.05, 0.1) is 29.9 Å². The maximum Gasteiger partial charge on any atom is 0.418 e. The van der Waals surface area contributed by atoms with Gasteiger partial charge in [0.1, 0.15) is 5.75 Å². The minimum Gasteiger partial charge on any atom is -0.496 e. The third-order valence-electron chi connectivity index (χ3n) is 1.99. The highest BCUT2D eigenvalue weighted by molar-refractivity contribution is 6.68. The summed E-state index contributed by atoms with van der Waals surface area (Å²) in [5, 5.41) is 7.28. The summed E-state index contributed by atoms with van der Waals surface area (Å²) in [4.78, 5) is 11.0. The zero-order valence-corrected chi connectivity index (χ0v) is 9.19. The Balaban J connectivity index is 3.73. The molecule has 0 saturated carbocycles. The van der Waals surface area contributed by atoms with Crippen molar-refractivity contribution in [2.24, 2.45) is 0 Å². The number of hydrogen-bond acceptors (Lipinski definition) is 3. The van der Waals surface area contributed by atoms with Crippen molar-refractivity contribution in [2.45, 2.75) is 6.18 Å². The summed E-state index contributed by atoms with van der Waals surface area (Å²) in [6, 6.07) is 3.37. The number of carbonyl (C=O) groups excluding carboxylic acids is 1. The van der Waals surface area contributed by atoms with E-state index in [1.54, 1.807) is 0 Å². The maximum atomic E-state index is 12.8. The normalized spacial score (nSPS) is 10.8. The number of nitrogens with zero attached hydrogens (tertiary/aromatic N) is 1. The highest BCUT2D eigenvalue weighted by Gasteiger charge is 2.39. The molecule has 0 heterocycles. The molecule has 0 fully saturated rings. The topological polar surface area (TPSA) is 50.1 Å². The van der Waals surface area contributed by atoms with E-state index in [4.69, 9.17) is 16.9 Å². The predicted octanol–water partition coefficient (Wildman–Crippen LogP) is 2.96. The second-order valence-corrected chi connectivity index (χ2v) is 3.29. The van der Waals surface area contributed by atoms with Crippen LogP contribution in [0.3, 0.4) is 0 Å². The van der Waals surface area contributed by atoms with Crippen molar-refractivity contribution < 1.29 is 22.7 Å². The van der Waals surface area contributed by atoms with Crippen LogP contribution < -0.4 is 4.74 Å². The van der Waals surface area contributed by atoms with Crippen LogP contribution in [0.15, 0.2) is 12.1 Å². The lowest BCUT2D eigenvalue weighted by Gasteiger charge is -2.14. The van der Waals surface area contributed by atoms with Crippen molar-refractivity contribution in [3.05, 3.63) is 28.8 Å². The summed E-state index contributed by atoms with van der Waals surface area (Å²) >= 11 is 5.10. The Hall–Kier alpha value is -1.74. The van der Waals surface area contributed by atoms with Gasteiger partial charge >= 0.3 is 6.18 Å². The Morgan fingerprint density at radius 1 is 1.47 bits per heavy atom. The minimum absolute atomic E-state index is 0.323. The first-order valence-electron chi connectivity index (χ1n) is 4.21. The number of alkyl halides is 3. The SMILES string of the molecule is COc1ccc(C#N)c(C(F)(F)F)c1C(=O)Cl. The van der Waals surface area contributed by atoms with Gasteiger partial charge in [-0.1, -0.05) is 0 Å². The number of hydrogen-bond donors (Lipinski definition) is 0. The van der Waals surface area contributed by atoms with E-state index in [9.17, 15) is 18.0 Å². The van der Waals surface area contributed by atoms with E-state index in [-0.39, 0.29) is 5.75 Å². The number of carbonyl (C=O) groups is 1. The van der Waals surface area contributed by atoms with Crippen LogP contribution >= 0.6 is 11.6 Å². The fourth-order valence-electron chi connectivity index (χ4n) is 1.34. The van der Waals surface area contributed by atoms with Gasteiger partial charge in [0.15, 0.2) is 0 Å². The third-order valence-corrected chi connectivity index (χ3v) is 2.18. The minimum atomic E-state index is -4.86. The number of nitriles is 1. The number of methoxy groups -OCH3 is 1. The highest BCUT2D eigenvalue weighted by atomic mass is 35.5. The zero-order chi connectivity index (χ0) is 13.2. The Bertz CT molecular complexity index is 505. The highest BCUT2D eigenvalue weighted by Crippen LogP contribution is 2.39. The Labute approximate surface area is 99.4 Å². The molecule has 1 aromatic rings. The van der Waals surface area contributed by atoms with Gasteiger partial charge in [-0.05, 0) is 23.7 Å². The van der Waals surface area contributed by atoms with Gasteiger partial charge < -0.3 is 4.74 Å². The van der Waals surface area contributed by atoms with E-state index in [1.807, 2.05) is 0 Å². The van der Waals surface area contributed by atoms with Crippen molar-refractivity contribution in [3.8, 4) is 11.8 Å². The van der Waals surface area contributed by atoms with Gasteiger partial charge in [-0.15, -0.1) is 0 Å². The fraction of sp³-hybridized carbons (Fsp3) is 0.200. The summed E-state index contributed by atoms with van der Waals surface area (Å²) in [7, 11) is 1.10. The summed E-state index contributed by atoms with van der Waals surface area (Å²) in [5.74, 6) is -0.323. The van der Waals surface area contributed by atoms with E-state index in [0.717, 1.165) is 19.2 Å². The summed E-state index contributed by atoms with van der Waals surface area (Å²) < 4.78 is 42.9. The Morgan fingerprint density at radius 3 is 2.41 bits per heavy atom. The van der Waals surface area contributed by atoms with Gasteiger partial charge in [0.2, 0.25) is 0 Å². The molecule has 1 aromatic carbocycles. The maximum absolute atomic E-state index is 12.8. The van der Waals surface area contributed by atoms with Gasteiger partial charge in [-0.25, -0.2) is 0 Å². The molecule has 0 spiro atoms. The molecule has 7 heteroatoms. The van der Waals surface area contributed by atoms with Crippen LogP contribution in [-0.2, 0) is 6.18 Å². The average molecular weight is 264 g/mol. The molecule has 0 N–H and O–H groups in total. The summed E-state index contributed by atoms with van der Waals surface area (Å²) in [6.45, 7) is 0. The van der Waals surface area contributed by atoms with Crippen LogP contribution in [0, 0.1) is 11.3 Å². The molecule has 17 heavy (non-hydrogen) atoms. The molecular formula is C10H5ClF3NO2. The van der Waals surface area contributed by atoms with E-state index in [2.05, 4.69) is 4.74 Å². The van der Waals surface area contributed by atoms with E-state index in [1.165, 1.54) is 6.07 Å². The second-order valence-electron chi connectivity index (χ2n) is 2.95. The van der Waals surface area contributed by atoms with E-state index in [0.29, 0.717) is 0 Å². The molecule has 0 aromatic heterocycles. The van der Waals surface area contributed by atoms with Crippen LogP contribution in [0.4, 0.5) is 13.2 Å². The molecule has 0 radical (unpaired) electrons. The number of rotatable bonds is 2. The fourth-order valence-corrected chi connectivity index (χ4v) is 1.52. The van der Waals surface area contributed by atoms with Gasteiger partial charge in [-0.2, -0.15) is 18.4 Å². The Kier molecular flexibility index (Phi) is 3.63. The molecule has 0 unspecified atom stereocenters. The quantitative estimate of drug-likeness (QED) is 0.771. The van der Waals surface area contributed by atoms with Crippen LogP contribution in [0.25, 0.3) is 0 Å². The lowest BCUT2D eigenvalue weighted by molar-refractivity contribution is -0.138. The van der Waals surface area contributed by atoms with Crippen LogP contribution in [0.2, 0.25) is 0 Å². The van der Waals surface area contributed by atoms with Gasteiger partial charge in [0, 0.05) is 0 Å². The molecule has 1 rings (SSSR count). The average Bonchev–Trinajstić information content (AvgIpc) is 2.25. The smallest absolute Gasteiger partial charge is 0.418 e. The molecule has 0 aliphatic heterocycles. The summed E-state index contributed by atoms with van der Waals surface area (Å²) in [5.41, 5.74) is -2.90. The van der Waals surface area contributed by atoms with E-state index >= 15 is 0 Å². The molecule has 0 amide bonds. The molecule has 90 valence electrons. The standard InChI is InChI=1S/C10H5ClF3NO2/c1-17-6-3-2-5(4-15)8(10(12,13)14)7(6)9(11)16/h2-3H,1H3. The number of halogens is 4. The first-order chi connectivity index (χ1) is 7.82. The first kappa shape index (κ1) is 13.3. The lowest BCUT2D eigenvalue weighted by atomic mass is 10.0. The monoisotopic (exact) mass is 263 g/mol. The van der Waals surface area contributed by atoms with Crippen molar-refractivity contribution >= 4 is 16.8 Å². The molecule has 0 saturated heterocycles. The van der Waals surface area contributed by atoms with Crippen LogP contribution in [0.5, 0.6) is 5.75 Å². The summed E-state index contributed by atoms with van der Waals surface area (Å²) in [6.07, 6.45) is -4.86. The van der Waals surface area contributed by atoms with Crippen LogP contribution in [-0.4, -0.2) is 12.4 Å². The molecule has 3 nitrogen and oxygen atoms in total. The molecule has 0 atom stereocenters. The zero-order valence-electron chi connectivity index (χ0n) is 8.43. The molecule has 0 aliphatic carbocycles. The van der Waals surface area contributed by atoms with Crippen molar-refractivity contribution in [1.82, 2.24) is 0 Å². The molecule has 0 aliphatic rings. The second kappa shape index (κ2) is 4.63. The largest absolute Gasteiger partial charge is 0.496 e. The lowest BCUT2D eigenvalue weighted by Crippen LogP contribution is -2.14. The Morgan fingerprint density at radius 2 is 2.06 bits per heavy atom. The molecule has 0 bridgehead atoms.